The number of benzene rings is 2. The summed E-state index contributed by atoms with van der Waals surface area (Å²) < 4.78 is 22.3. The first-order valence-electron chi connectivity index (χ1n) is 7.68. The lowest BCUT2D eigenvalue weighted by Gasteiger charge is -2.08. The molecule has 2 aromatic rings. The maximum Gasteiger partial charge on any atom is 0.251 e. The first-order valence-corrected chi connectivity index (χ1v) is 9.60. The van der Waals surface area contributed by atoms with E-state index in [0.29, 0.717) is 23.6 Å². The molecular formula is C17H18ClN3O4S. The van der Waals surface area contributed by atoms with Gasteiger partial charge in [-0.2, -0.15) is 0 Å². The fourth-order valence-electron chi connectivity index (χ4n) is 2.15. The van der Waals surface area contributed by atoms with Gasteiger partial charge in [0.05, 0.1) is 11.4 Å². The monoisotopic (exact) mass is 395 g/mol. The zero-order valence-electron chi connectivity index (χ0n) is 13.7. The molecule has 0 heterocycles. The molecule has 7 nitrogen and oxygen atoms in total. The summed E-state index contributed by atoms with van der Waals surface area (Å²) in [6.07, 6.45) is 0.513. The molecule has 0 bridgehead atoms. The number of primary sulfonamides is 1. The molecule has 4 N–H and O–H groups in total. The zero-order valence-corrected chi connectivity index (χ0v) is 15.3. The SMILES string of the molecule is NS(=O)(=O)c1ccc(CCNC(=O)CNC(=O)c2cccc(Cl)c2)cc1. The van der Waals surface area contributed by atoms with Gasteiger partial charge in [0.2, 0.25) is 15.9 Å². The molecular weight excluding hydrogens is 378 g/mol. The molecule has 0 aliphatic carbocycles. The van der Waals surface area contributed by atoms with Crippen LogP contribution in [0.5, 0.6) is 0 Å². The van der Waals surface area contributed by atoms with Gasteiger partial charge >= 0.3 is 0 Å². The first-order chi connectivity index (χ1) is 12.3. The van der Waals surface area contributed by atoms with Crippen molar-refractivity contribution in [2.45, 2.75) is 11.3 Å². The van der Waals surface area contributed by atoms with Gasteiger partial charge < -0.3 is 10.6 Å². The number of sulfonamides is 1. The Hall–Kier alpha value is -2.42. The molecule has 138 valence electrons. The molecule has 0 saturated carbocycles. The van der Waals surface area contributed by atoms with Crippen LogP contribution in [-0.4, -0.2) is 33.3 Å². The van der Waals surface area contributed by atoms with Crippen LogP contribution in [0.4, 0.5) is 0 Å². The number of halogens is 1. The average molecular weight is 396 g/mol. The van der Waals surface area contributed by atoms with Gasteiger partial charge in [-0.05, 0) is 42.3 Å². The molecule has 2 amide bonds. The molecule has 2 aromatic carbocycles. The summed E-state index contributed by atoms with van der Waals surface area (Å²) >= 11 is 5.81. The van der Waals surface area contributed by atoms with Gasteiger partial charge in [-0.25, -0.2) is 13.6 Å². The fraction of sp³-hybridized carbons (Fsp3) is 0.176. The highest BCUT2D eigenvalue weighted by atomic mass is 35.5. The van der Waals surface area contributed by atoms with Crippen molar-refractivity contribution in [1.82, 2.24) is 10.6 Å². The van der Waals surface area contributed by atoms with Crippen LogP contribution in [0, 0.1) is 0 Å². The molecule has 0 aromatic heterocycles. The van der Waals surface area contributed by atoms with E-state index in [1.165, 1.54) is 18.2 Å². The van der Waals surface area contributed by atoms with Crippen molar-refractivity contribution >= 4 is 33.4 Å². The number of carbonyl (C=O) groups is 2. The van der Waals surface area contributed by atoms with Crippen molar-refractivity contribution in [3.63, 3.8) is 0 Å². The van der Waals surface area contributed by atoms with Crippen molar-refractivity contribution in [2.75, 3.05) is 13.1 Å². The fourth-order valence-corrected chi connectivity index (χ4v) is 2.85. The smallest absolute Gasteiger partial charge is 0.251 e. The van der Waals surface area contributed by atoms with E-state index in [4.69, 9.17) is 16.7 Å². The number of carbonyl (C=O) groups excluding carboxylic acids is 2. The predicted molar refractivity (Wildman–Crippen MR) is 98.3 cm³/mol. The minimum absolute atomic E-state index is 0.0361. The third-order valence-corrected chi connectivity index (χ3v) is 4.65. The van der Waals surface area contributed by atoms with Gasteiger partial charge in [0.15, 0.2) is 0 Å². The van der Waals surface area contributed by atoms with Gasteiger partial charge in [0, 0.05) is 17.1 Å². The largest absolute Gasteiger partial charge is 0.354 e. The van der Waals surface area contributed by atoms with Gasteiger partial charge in [-0.3, -0.25) is 9.59 Å². The summed E-state index contributed by atoms with van der Waals surface area (Å²) in [7, 11) is -3.71. The highest BCUT2D eigenvalue weighted by Gasteiger charge is 2.09. The Labute approximate surface area is 156 Å². The molecule has 0 fully saturated rings. The zero-order chi connectivity index (χ0) is 19.2. The maximum atomic E-state index is 11.9. The molecule has 0 saturated heterocycles. The van der Waals surface area contributed by atoms with Gasteiger partial charge in [0.25, 0.3) is 5.91 Å². The Balaban J connectivity index is 1.74. The number of hydrogen-bond donors (Lipinski definition) is 3. The molecule has 0 radical (unpaired) electrons. The minimum Gasteiger partial charge on any atom is -0.354 e. The lowest BCUT2D eigenvalue weighted by atomic mass is 10.1. The summed E-state index contributed by atoms with van der Waals surface area (Å²) in [5, 5.41) is 10.6. The van der Waals surface area contributed by atoms with Crippen molar-refractivity contribution in [3.05, 3.63) is 64.7 Å². The standard InChI is InChI=1S/C17H18ClN3O4S/c18-14-3-1-2-13(10-14)17(23)21-11-16(22)20-9-8-12-4-6-15(7-5-12)26(19,24)25/h1-7,10H,8-9,11H2,(H,20,22)(H,21,23)(H2,19,24,25). The van der Waals surface area contributed by atoms with E-state index in [2.05, 4.69) is 10.6 Å². The molecule has 9 heteroatoms. The second-order valence-electron chi connectivity index (χ2n) is 5.48. The normalized spacial score (nSPS) is 11.0. The van der Waals surface area contributed by atoms with Crippen molar-refractivity contribution in [2.24, 2.45) is 5.14 Å². The van der Waals surface area contributed by atoms with E-state index in [9.17, 15) is 18.0 Å². The van der Waals surface area contributed by atoms with Gasteiger partial charge in [0.1, 0.15) is 0 Å². The van der Waals surface area contributed by atoms with Gasteiger partial charge in [-0.15, -0.1) is 0 Å². The second-order valence-corrected chi connectivity index (χ2v) is 7.48. The number of hydrogen-bond acceptors (Lipinski definition) is 4. The van der Waals surface area contributed by atoms with Crippen molar-refractivity contribution in [3.8, 4) is 0 Å². The first kappa shape index (κ1) is 19.9. The van der Waals surface area contributed by atoms with Gasteiger partial charge in [-0.1, -0.05) is 29.8 Å². The lowest BCUT2D eigenvalue weighted by Crippen LogP contribution is -2.37. The number of rotatable bonds is 7. The van der Waals surface area contributed by atoms with Crippen LogP contribution in [0.15, 0.2) is 53.4 Å². The Bertz CT molecular complexity index is 898. The number of nitrogens with two attached hydrogens (primary N) is 1. The van der Waals surface area contributed by atoms with E-state index < -0.39 is 10.0 Å². The Morgan fingerprint density at radius 3 is 2.35 bits per heavy atom. The third kappa shape index (κ3) is 6.14. The van der Waals surface area contributed by atoms with Crippen LogP contribution in [0.1, 0.15) is 15.9 Å². The summed E-state index contributed by atoms with van der Waals surface area (Å²) in [5.74, 6) is -0.720. The van der Waals surface area contributed by atoms with E-state index in [-0.39, 0.29) is 23.3 Å². The third-order valence-electron chi connectivity index (χ3n) is 3.48. The van der Waals surface area contributed by atoms with Crippen molar-refractivity contribution in [1.29, 1.82) is 0 Å². The summed E-state index contributed by atoms with van der Waals surface area (Å²) in [4.78, 5) is 23.7. The number of amides is 2. The summed E-state index contributed by atoms with van der Waals surface area (Å²) in [6.45, 7) is 0.191. The second kappa shape index (κ2) is 8.79. The minimum atomic E-state index is -3.71. The summed E-state index contributed by atoms with van der Waals surface area (Å²) in [5.41, 5.74) is 1.22. The molecule has 2 rings (SSSR count). The molecule has 0 unspecified atom stereocenters. The van der Waals surface area contributed by atoms with Crippen LogP contribution in [0.25, 0.3) is 0 Å². The molecule has 0 spiro atoms. The van der Waals surface area contributed by atoms with Crippen LogP contribution in [0.2, 0.25) is 5.02 Å². The maximum absolute atomic E-state index is 11.9. The Morgan fingerprint density at radius 2 is 1.73 bits per heavy atom. The highest BCUT2D eigenvalue weighted by Crippen LogP contribution is 2.10. The van der Waals surface area contributed by atoms with E-state index in [1.54, 1.807) is 30.3 Å². The van der Waals surface area contributed by atoms with Crippen LogP contribution in [0.3, 0.4) is 0 Å². The van der Waals surface area contributed by atoms with E-state index in [0.717, 1.165) is 5.56 Å². The van der Waals surface area contributed by atoms with Crippen LogP contribution in [-0.2, 0) is 21.2 Å². The topological polar surface area (TPSA) is 118 Å². The Kier molecular flexibility index (Phi) is 6.73. The molecule has 0 aliphatic heterocycles. The van der Waals surface area contributed by atoms with Crippen molar-refractivity contribution < 1.29 is 18.0 Å². The number of nitrogens with one attached hydrogen (secondary N) is 2. The van der Waals surface area contributed by atoms with Crippen LogP contribution >= 0.6 is 11.6 Å². The highest BCUT2D eigenvalue weighted by molar-refractivity contribution is 7.89. The molecule has 0 atom stereocenters. The lowest BCUT2D eigenvalue weighted by molar-refractivity contribution is -0.120. The average Bonchev–Trinajstić information content (AvgIpc) is 2.59. The van der Waals surface area contributed by atoms with Crippen LogP contribution < -0.4 is 15.8 Å². The molecule has 0 aliphatic rings. The molecule has 26 heavy (non-hydrogen) atoms. The van der Waals surface area contributed by atoms with E-state index in [1.807, 2.05) is 0 Å². The summed E-state index contributed by atoms with van der Waals surface area (Å²) in [6, 6.07) is 12.5. The Morgan fingerprint density at radius 1 is 1.04 bits per heavy atom. The van der Waals surface area contributed by atoms with E-state index >= 15 is 0 Å². The quantitative estimate of drug-likeness (QED) is 0.649. The predicted octanol–water partition coefficient (Wildman–Crippen LogP) is 1.08.